The van der Waals surface area contributed by atoms with Crippen LogP contribution in [0.5, 0.6) is 0 Å². The first-order chi connectivity index (χ1) is 13.0. The highest BCUT2D eigenvalue weighted by atomic mass is 32.2. The lowest BCUT2D eigenvalue weighted by atomic mass is 9.90. The van der Waals surface area contributed by atoms with Gasteiger partial charge in [0, 0.05) is 26.2 Å². The normalized spacial score (nSPS) is 18.5. The fourth-order valence-corrected chi connectivity index (χ4v) is 4.82. The summed E-state index contributed by atoms with van der Waals surface area (Å²) >= 11 is 0. The number of rotatable bonds is 6. The average molecular weight is 407 g/mol. The van der Waals surface area contributed by atoms with Crippen LogP contribution in [0.4, 0.5) is 0 Å². The zero-order chi connectivity index (χ0) is 21.1. The standard InChI is InChI=1S/C20H30N4O3S/c1-15(2)20(5,14-21)22-19(25)13-23-8-10-24(11-9-23)28(26,27)18-12-16(3)6-7-17(18)4/h6-7,12,15H,8-11,13H2,1-5H3,(H,22,25)/t20-/m1/s1. The number of carbonyl (C=O) groups is 1. The number of piperazine rings is 1. The van der Waals surface area contributed by atoms with Gasteiger partial charge in [0.15, 0.2) is 0 Å². The van der Waals surface area contributed by atoms with Crippen molar-refractivity contribution < 1.29 is 13.2 Å². The minimum Gasteiger partial charge on any atom is -0.337 e. The molecule has 0 bridgehead atoms. The molecule has 0 unspecified atom stereocenters. The molecule has 0 radical (unpaired) electrons. The topological polar surface area (TPSA) is 93.5 Å². The van der Waals surface area contributed by atoms with E-state index >= 15 is 0 Å². The summed E-state index contributed by atoms with van der Waals surface area (Å²) in [7, 11) is -3.55. The highest BCUT2D eigenvalue weighted by molar-refractivity contribution is 7.89. The van der Waals surface area contributed by atoms with Gasteiger partial charge in [0.05, 0.1) is 17.5 Å². The summed E-state index contributed by atoms with van der Waals surface area (Å²) in [5, 5.41) is 12.1. The number of nitrogens with zero attached hydrogens (tertiary/aromatic N) is 3. The van der Waals surface area contributed by atoms with Crippen LogP contribution in [0.25, 0.3) is 0 Å². The molecule has 1 atom stereocenters. The molecule has 8 heteroatoms. The van der Waals surface area contributed by atoms with E-state index in [0.29, 0.717) is 31.1 Å². The van der Waals surface area contributed by atoms with Crippen LogP contribution in [0.2, 0.25) is 0 Å². The number of hydrogen-bond donors (Lipinski definition) is 1. The molecular formula is C20H30N4O3S. The van der Waals surface area contributed by atoms with Crippen molar-refractivity contribution in [2.45, 2.75) is 45.1 Å². The van der Waals surface area contributed by atoms with Crippen molar-refractivity contribution in [1.82, 2.24) is 14.5 Å². The molecule has 28 heavy (non-hydrogen) atoms. The molecule has 2 rings (SSSR count). The minimum atomic E-state index is -3.55. The van der Waals surface area contributed by atoms with Gasteiger partial charge in [0.1, 0.15) is 5.54 Å². The summed E-state index contributed by atoms with van der Waals surface area (Å²) < 4.78 is 27.4. The van der Waals surface area contributed by atoms with Gasteiger partial charge in [0.2, 0.25) is 15.9 Å². The molecule has 1 heterocycles. The molecule has 1 aliphatic rings. The summed E-state index contributed by atoms with van der Waals surface area (Å²) in [6.45, 7) is 10.9. The van der Waals surface area contributed by atoms with Gasteiger partial charge in [-0.15, -0.1) is 0 Å². The number of sulfonamides is 1. The van der Waals surface area contributed by atoms with Gasteiger partial charge in [-0.05, 0) is 43.9 Å². The fraction of sp³-hybridized carbons (Fsp3) is 0.600. The van der Waals surface area contributed by atoms with Crippen molar-refractivity contribution >= 4 is 15.9 Å². The van der Waals surface area contributed by atoms with Crippen molar-refractivity contribution in [1.29, 1.82) is 5.26 Å². The third-order valence-corrected chi connectivity index (χ3v) is 7.49. The second kappa shape index (κ2) is 8.60. The molecule has 0 aromatic heterocycles. The second-order valence-electron chi connectivity index (χ2n) is 7.97. The Kier molecular flexibility index (Phi) is 6.86. The molecule has 1 N–H and O–H groups in total. The summed E-state index contributed by atoms with van der Waals surface area (Å²) in [6, 6.07) is 7.59. The molecule has 1 aromatic rings. The van der Waals surface area contributed by atoms with Crippen molar-refractivity contribution in [2.24, 2.45) is 5.92 Å². The Morgan fingerprint density at radius 3 is 2.39 bits per heavy atom. The number of carbonyl (C=O) groups excluding carboxylic acids is 1. The van der Waals surface area contributed by atoms with Crippen LogP contribution in [0, 0.1) is 31.1 Å². The zero-order valence-corrected chi connectivity index (χ0v) is 18.1. The number of benzene rings is 1. The number of amides is 1. The third-order valence-electron chi connectivity index (χ3n) is 5.45. The molecular weight excluding hydrogens is 376 g/mol. The molecule has 0 saturated carbocycles. The summed E-state index contributed by atoms with van der Waals surface area (Å²) in [4.78, 5) is 14.6. The van der Waals surface area contributed by atoms with Gasteiger partial charge in [-0.1, -0.05) is 26.0 Å². The predicted molar refractivity (Wildman–Crippen MR) is 108 cm³/mol. The summed E-state index contributed by atoms with van der Waals surface area (Å²) in [6.07, 6.45) is 0. The van der Waals surface area contributed by atoms with Crippen LogP contribution in [-0.4, -0.2) is 61.8 Å². The van der Waals surface area contributed by atoms with Gasteiger partial charge in [-0.2, -0.15) is 9.57 Å². The first-order valence-corrected chi connectivity index (χ1v) is 11.0. The smallest absolute Gasteiger partial charge is 0.243 e. The van der Waals surface area contributed by atoms with E-state index in [-0.39, 0.29) is 18.4 Å². The van der Waals surface area contributed by atoms with Crippen LogP contribution in [0.3, 0.4) is 0 Å². The van der Waals surface area contributed by atoms with Crippen molar-refractivity contribution in [3.05, 3.63) is 29.3 Å². The highest BCUT2D eigenvalue weighted by Gasteiger charge is 2.33. The third kappa shape index (κ3) is 4.90. The number of nitriles is 1. The lowest BCUT2D eigenvalue weighted by molar-refractivity contribution is -0.124. The Morgan fingerprint density at radius 1 is 1.25 bits per heavy atom. The largest absolute Gasteiger partial charge is 0.337 e. The Bertz CT molecular complexity index is 868. The van der Waals surface area contributed by atoms with E-state index in [0.717, 1.165) is 11.1 Å². The molecule has 1 saturated heterocycles. The zero-order valence-electron chi connectivity index (χ0n) is 17.3. The monoisotopic (exact) mass is 406 g/mol. The highest BCUT2D eigenvalue weighted by Crippen LogP contribution is 2.22. The van der Waals surface area contributed by atoms with Gasteiger partial charge >= 0.3 is 0 Å². The van der Waals surface area contributed by atoms with E-state index in [4.69, 9.17) is 0 Å². The molecule has 1 amide bonds. The van der Waals surface area contributed by atoms with Crippen LogP contribution >= 0.6 is 0 Å². The Morgan fingerprint density at radius 2 is 1.86 bits per heavy atom. The van der Waals surface area contributed by atoms with Crippen LogP contribution in [-0.2, 0) is 14.8 Å². The maximum Gasteiger partial charge on any atom is 0.243 e. The Hall–Kier alpha value is -1.95. The maximum absolute atomic E-state index is 13.0. The maximum atomic E-state index is 13.0. The van der Waals surface area contributed by atoms with E-state index < -0.39 is 15.6 Å². The SMILES string of the molecule is Cc1ccc(C)c(S(=O)(=O)N2CCN(CC(=O)N[C@](C)(C#N)C(C)C)CC2)c1. The second-order valence-corrected chi connectivity index (χ2v) is 9.87. The number of hydrogen-bond acceptors (Lipinski definition) is 5. The van der Waals surface area contributed by atoms with E-state index in [2.05, 4.69) is 11.4 Å². The van der Waals surface area contributed by atoms with Crippen LogP contribution in [0.15, 0.2) is 23.1 Å². The first kappa shape index (κ1) is 22.3. The Labute approximate surface area is 168 Å². The van der Waals surface area contributed by atoms with Gasteiger partial charge in [0.25, 0.3) is 0 Å². The number of aryl methyl sites for hydroxylation is 2. The van der Waals surface area contributed by atoms with Gasteiger partial charge in [-0.25, -0.2) is 8.42 Å². The van der Waals surface area contributed by atoms with Crippen molar-refractivity contribution in [3.8, 4) is 6.07 Å². The lowest BCUT2D eigenvalue weighted by Crippen LogP contribution is -2.55. The molecule has 7 nitrogen and oxygen atoms in total. The lowest BCUT2D eigenvalue weighted by Gasteiger charge is -2.35. The average Bonchev–Trinajstić information content (AvgIpc) is 2.63. The molecule has 1 aromatic carbocycles. The molecule has 1 fully saturated rings. The summed E-state index contributed by atoms with van der Waals surface area (Å²) in [5.41, 5.74) is 0.729. The number of nitrogens with one attached hydrogen (secondary N) is 1. The van der Waals surface area contributed by atoms with E-state index in [1.807, 2.05) is 37.8 Å². The Balaban J connectivity index is 1.98. The van der Waals surface area contributed by atoms with Crippen molar-refractivity contribution in [3.63, 3.8) is 0 Å². The van der Waals surface area contributed by atoms with E-state index in [1.165, 1.54) is 4.31 Å². The molecule has 1 aliphatic heterocycles. The van der Waals surface area contributed by atoms with Gasteiger partial charge in [-0.3, -0.25) is 9.69 Å². The van der Waals surface area contributed by atoms with E-state index in [9.17, 15) is 18.5 Å². The molecule has 154 valence electrons. The minimum absolute atomic E-state index is 0.0130. The van der Waals surface area contributed by atoms with Gasteiger partial charge < -0.3 is 5.32 Å². The molecule has 0 aliphatic carbocycles. The van der Waals surface area contributed by atoms with Crippen molar-refractivity contribution in [2.75, 3.05) is 32.7 Å². The fourth-order valence-electron chi connectivity index (χ4n) is 3.09. The molecule has 0 spiro atoms. The van der Waals surface area contributed by atoms with E-state index in [1.54, 1.807) is 19.9 Å². The van der Waals surface area contributed by atoms with Crippen LogP contribution < -0.4 is 5.32 Å². The first-order valence-electron chi connectivity index (χ1n) is 9.51. The quantitative estimate of drug-likeness (QED) is 0.776. The van der Waals surface area contributed by atoms with Crippen LogP contribution in [0.1, 0.15) is 31.9 Å². The predicted octanol–water partition coefficient (Wildman–Crippen LogP) is 1.66. The summed E-state index contributed by atoms with van der Waals surface area (Å²) in [5.74, 6) is -0.232.